The molecule has 0 bridgehead atoms. The lowest BCUT2D eigenvalue weighted by atomic mass is 9.91. The van der Waals surface area contributed by atoms with Gasteiger partial charge >= 0.3 is 0 Å². The third-order valence-electron chi connectivity index (χ3n) is 5.78. The van der Waals surface area contributed by atoms with Crippen molar-refractivity contribution in [2.45, 2.75) is 57.7 Å². The van der Waals surface area contributed by atoms with Gasteiger partial charge in [0.2, 0.25) is 5.91 Å². The van der Waals surface area contributed by atoms with Gasteiger partial charge in [-0.2, -0.15) is 0 Å². The van der Waals surface area contributed by atoms with E-state index >= 15 is 0 Å². The number of hydrogen-bond donors (Lipinski definition) is 4. The minimum absolute atomic E-state index is 0.0459. The maximum atomic E-state index is 12.8. The highest BCUT2D eigenvalue weighted by atomic mass is 16.5. The predicted molar refractivity (Wildman–Crippen MR) is 102 cm³/mol. The number of fused-ring (bicyclic) bond motifs is 3. The van der Waals surface area contributed by atoms with Gasteiger partial charge in [0, 0.05) is 22.6 Å². The highest BCUT2D eigenvalue weighted by Crippen LogP contribution is 2.36. The van der Waals surface area contributed by atoms with E-state index in [0.29, 0.717) is 12.0 Å². The van der Waals surface area contributed by atoms with Crippen LogP contribution in [0.3, 0.4) is 0 Å². The van der Waals surface area contributed by atoms with Crippen LogP contribution in [0.5, 0.6) is 5.75 Å². The minimum Gasteiger partial charge on any atom is -0.497 e. The van der Waals surface area contributed by atoms with E-state index in [1.807, 2.05) is 6.07 Å². The number of carbonyl (C=O) groups excluding carboxylic acids is 1. The third kappa shape index (κ3) is 3.08. The summed E-state index contributed by atoms with van der Waals surface area (Å²) in [6.07, 6.45) is 3.91. The summed E-state index contributed by atoms with van der Waals surface area (Å²) in [5.41, 5.74) is 9.97. The second kappa shape index (κ2) is 6.93. The van der Waals surface area contributed by atoms with Crippen LogP contribution in [0.15, 0.2) is 18.2 Å². The van der Waals surface area contributed by atoms with Crippen molar-refractivity contribution in [1.29, 1.82) is 0 Å². The van der Waals surface area contributed by atoms with Gasteiger partial charge in [-0.25, -0.2) is 5.43 Å². The van der Waals surface area contributed by atoms with E-state index in [0.717, 1.165) is 42.6 Å². The Bertz CT molecular complexity index is 813. The van der Waals surface area contributed by atoms with Crippen molar-refractivity contribution < 1.29 is 9.53 Å². The number of H-pyrrole nitrogens is 1. The van der Waals surface area contributed by atoms with Crippen molar-refractivity contribution in [2.24, 2.45) is 5.92 Å². The van der Waals surface area contributed by atoms with Crippen molar-refractivity contribution in [3.8, 4) is 5.75 Å². The van der Waals surface area contributed by atoms with Gasteiger partial charge in [-0.3, -0.25) is 10.2 Å². The first-order valence-corrected chi connectivity index (χ1v) is 9.56. The maximum Gasteiger partial charge on any atom is 0.239 e. The van der Waals surface area contributed by atoms with Crippen LogP contribution in [0.1, 0.15) is 50.4 Å². The topological polar surface area (TPSA) is 78.2 Å². The Morgan fingerprint density at radius 3 is 2.88 bits per heavy atom. The molecule has 0 saturated carbocycles. The summed E-state index contributed by atoms with van der Waals surface area (Å²) < 4.78 is 5.37. The zero-order chi connectivity index (χ0) is 18.3. The quantitative estimate of drug-likeness (QED) is 0.679. The van der Waals surface area contributed by atoms with E-state index < -0.39 is 0 Å². The van der Waals surface area contributed by atoms with Crippen molar-refractivity contribution in [3.05, 3.63) is 29.5 Å². The molecule has 1 fully saturated rings. The van der Waals surface area contributed by atoms with Gasteiger partial charge in [0.25, 0.3) is 0 Å². The van der Waals surface area contributed by atoms with Gasteiger partial charge in [0.05, 0.1) is 13.2 Å². The number of methoxy groups -OCH3 is 1. The Labute approximate surface area is 154 Å². The molecule has 2 aromatic rings. The summed E-state index contributed by atoms with van der Waals surface area (Å²) in [7, 11) is 1.69. The number of aryl methyl sites for hydroxylation is 1. The predicted octanol–water partition coefficient (Wildman–Crippen LogP) is 2.56. The number of hydrazine groups is 1. The highest BCUT2D eigenvalue weighted by molar-refractivity contribution is 5.87. The molecule has 1 amide bonds. The first-order chi connectivity index (χ1) is 12.6. The Morgan fingerprint density at radius 1 is 1.31 bits per heavy atom. The summed E-state index contributed by atoms with van der Waals surface area (Å²) in [5.74, 6) is 1.45. The molecule has 4 N–H and O–H groups in total. The molecule has 26 heavy (non-hydrogen) atoms. The standard InChI is InChI=1S/C20H28N4O2/c1-11(2)17-10-18(24-23-17)20(25)22-16-6-4-5-13-14-9-12(26-3)7-8-15(14)21-19(13)16/h7-9,11,16-18,21,23-24H,4-6,10H2,1-3H3,(H,22,25). The van der Waals surface area contributed by atoms with Gasteiger partial charge in [-0.15, -0.1) is 0 Å². The van der Waals surface area contributed by atoms with Gasteiger partial charge in [0.1, 0.15) is 11.8 Å². The summed E-state index contributed by atoms with van der Waals surface area (Å²) in [5, 5.41) is 4.47. The fourth-order valence-electron chi connectivity index (χ4n) is 4.18. The van der Waals surface area contributed by atoms with Crippen molar-refractivity contribution in [3.63, 3.8) is 0 Å². The highest BCUT2D eigenvalue weighted by Gasteiger charge is 2.33. The number of aromatic amines is 1. The largest absolute Gasteiger partial charge is 0.497 e. The molecule has 1 aliphatic carbocycles. The maximum absolute atomic E-state index is 12.8. The number of ether oxygens (including phenoxy) is 1. The van der Waals surface area contributed by atoms with E-state index in [2.05, 4.69) is 47.1 Å². The Balaban J connectivity index is 1.54. The zero-order valence-corrected chi connectivity index (χ0v) is 15.7. The van der Waals surface area contributed by atoms with Crippen LogP contribution in [-0.4, -0.2) is 30.1 Å². The van der Waals surface area contributed by atoms with Gasteiger partial charge in [-0.1, -0.05) is 13.8 Å². The number of nitrogens with one attached hydrogen (secondary N) is 4. The summed E-state index contributed by atoms with van der Waals surface area (Å²) >= 11 is 0. The molecule has 1 aromatic heterocycles. The van der Waals surface area contributed by atoms with Crippen molar-refractivity contribution in [2.75, 3.05) is 7.11 Å². The zero-order valence-electron chi connectivity index (χ0n) is 15.7. The summed E-state index contributed by atoms with van der Waals surface area (Å²) in [4.78, 5) is 16.3. The van der Waals surface area contributed by atoms with Crippen LogP contribution >= 0.6 is 0 Å². The normalized spacial score (nSPS) is 25.5. The van der Waals surface area contributed by atoms with Gasteiger partial charge < -0.3 is 15.0 Å². The molecule has 2 aliphatic rings. The lowest BCUT2D eigenvalue weighted by molar-refractivity contribution is -0.123. The molecular formula is C20H28N4O2. The second-order valence-corrected chi connectivity index (χ2v) is 7.81. The number of hydrogen-bond acceptors (Lipinski definition) is 4. The first kappa shape index (κ1) is 17.4. The van der Waals surface area contributed by atoms with E-state index in [1.165, 1.54) is 10.9 Å². The molecule has 1 aliphatic heterocycles. The molecule has 0 spiro atoms. The molecule has 1 saturated heterocycles. The molecule has 3 atom stereocenters. The van der Waals surface area contributed by atoms with Gasteiger partial charge in [0.15, 0.2) is 0 Å². The lowest BCUT2D eigenvalue weighted by Gasteiger charge is -2.25. The average Bonchev–Trinajstić information content (AvgIpc) is 3.27. The molecule has 3 unspecified atom stereocenters. The molecule has 2 heterocycles. The summed E-state index contributed by atoms with van der Waals surface area (Å²) in [6, 6.07) is 6.33. The first-order valence-electron chi connectivity index (χ1n) is 9.56. The van der Waals surface area contributed by atoms with Gasteiger partial charge in [-0.05, 0) is 55.4 Å². The number of carbonyl (C=O) groups is 1. The number of amides is 1. The minimum atomic E-state index is -0.169. The van der Waals surface area contributed by atoms with Crippen LogP contribution in [0.25, 0.3) is 10.9 Å². The van der Waals surface area contributed by atoms with Crippen LogP contribution in [0, 0.1) is 5.92 Å². The van der Waals surface area contributed by atoms with E-state index in [9.17, 15) is 4.79 Å². The second-order valence-electron chi connectivity index (χ2n) is 7.81. The smallest absolute Gasteiger partial charge is 0.239 e. The fraction of sp³-hybridized carbons (Fsp3) is 0.550. The van der Waals surface area contributed by atoms with Crippen molar-refractivity contribution >= 4 is 16.8 Å². The van der Waals surface area contributed by atoms with Crippen LogP contribution in [0.4, 0.5) is 0 Å². The molecule has 4 rings (SSSR count). The van der Waals surface area contributed by atoms with E-state index in [4.69, 9.17) is 4.74 Å². The third-order valence-corrected chi connectivity index (χ3v) is 5.78. The number of aromatic nitrogens is 1. The molecular weight excluding hydrogens is 328 g/mol. The molecule has 6 nitrogen and oxygen atoms in total. The van der Waals surface area contributed by atoms with E-state index in [-0.39, 0.29) is 18.0 Å². The van der Waals surface area contributed by atoms with Crippen LogP contribution in [0.2, 0.25) is 0 Å². The summed E-state index contributed by atoms with van der Waals surface area (Å²) in [6.45, 7) is 4.34. The molecule has 6 heteroatoms. The van der Waals surface area contributed by atoms with Crippen LogP contribution in [-0.2, 0) is 11.2 Å². The van der Waals surface area contributed by atoms with E-state index in [1.54, 1.807) is 7.11 Å². The number of benzene rings is 1. The lowest BCUT2D eigenvalue weighted by Crippen LogP contribution is -2.45. The Morgan fingerprint density at radius 2 is 2.15 bits per heavy atom. The fourth-order valence-corrected chi connectivity index (χ4v) is 4.18. The Kier molecular flexibility index (Phi) is 4.63. The molecule has 140 valence electrons. The Hall–Kier alpha value is -2.05. The monoisotopic (exact) mass is 356 g/mol. The van der Waals surface area contributed by atoms with Crippen molar-refractivity contribution in [1.82, 2.24) is 21.2 Å². The molecule has 0 radical (unpaired) electrons. The SMILES string of the molecule is COc1ccc2[nH]c3c(c2c1)CCCC3NC(=O)C1CC(C(C)C)NN1. The van der Waals surface area contributed by atoms with Crippen LogP contribution < -0.4 is 20.9 Å². The molecule has 1 aromatic carbocycles. The number of rotatable bonds is 4. The average molecular weight is 356 g/mol.